The van der Waals surface area contributed by atoms with Crippen LogP contribution in [-0.4, -0.2) is 105 Å². The number of para-hydroxylation sites is 1. The predicted octanol–water partition coefficient (Wildman–Crippen LogP) is 6.42. The van der Waals surface area contributed by atoms with Crippen LogP contribution in [0.15, 0.2) is 54.6 Å². The highest BCUT2D eigenvalue weighted by molar-refractivity contribution is 7.18. The fourth-order valence-electron chi connectivity index (χ4n) is 6.22. The molecule has 1 aliphatic heterocycles. The van der Waals surface area contributed by atoms with Gasteiger partial charge in [0.15, 0.2) is 0 Å². The third-order valence-corrected chi connectivity index (χ3v) is 10.3. The standard InChI is InChI=1S/C37H52N6O4S/c1-27-26-32(48-35(27)36(45)42(4)23-20-38-2)39-19-10-6-9-16-33(44)41(3)24-25-43-21-17-29(18-22-43)31-15-11-14-30(34(31)40-37(46)47)28-12-7-5-8-13-28/h5,7-8,11-15,26,29,38-40H,6,9-10,16-25H2,1-4H3,(H,46,47). The number of carboxylic acid groups (broad SMARTS) is 1. The number of rotatable bonds is 17. The number of anilines is 2. The monoisotopic (exact) mass is 676 g/mol. The van der Waals surface area contributed by atoms with E-state index in [1.807, 2.05) is 81.5 Å². The second kappa shape index (κ2) is 18.6. The second-order valence-corrected chi connectivity index (χ2v) is 13.7. The summed E-state index contributed by atoms with van der Waals surface area (Å²) >= 11 is 1.51. The number of thiophene rings is 1. The number of unbranched alkanes of at least 4 members (excludes halogenated alkanes) is 2. The molecule has 0 bridgehead atoms. The topological polar surface area (TPSA) is 117 Å². The maximum atomic E-state index is 12.8. The number of carbonyl (C=O) groups is 3. The van der Waals surface area contributed by atoms with Gasteiger partial charge in [0.25, 0.3) is 5.91 Å². The van der Waals surface area contributed by atoms with Gasteiger partial charge >= 0.3 is 6.09 Å². The molecule has 1 saturated heterocycles. The van der Waals surface area contributed by atoms with Crippen molar-refractivity contribution in [2.24, 2.45) is 0 Å². The molecule has 1 fully saturated rings. The molecule has 0 atom stereocenters. The van der Waals surface area contributed by atoms with Gasteiger partial charge < -0.3 is 30.4 Å². The highest BCUT2D eigenvalue weighted by atomic mass is 32.1. The van der Waals surface area contributed by atoms with Gasteiger partial charge in [-0.25, -0.2) is 4.79 Å². The van der Waals surface area contributed by atoms with E-state index in [-0.39, 0.29) is 17.7 Å². The van der Waals surface area contributed by atoms with Gasteiger partial charge in [-0.15, -0.1) is 11.3 Å². The highest BCUT2D eigenvalue weighted by Crippen LogP contribution is 2.39. The van der Waals surface area contributed by atoms with Gasteiger partial charge in [0.1, 0.15) is 0 Å². The maximum absolute atomic E-state index is 12.8. The van der Waals surface area contributed by atoms with Gasteiger partial charge in [-0.1, -0.05) is 55.0 Å². The minimum atomic E-state index is -1.05. The molecule has 48 heavy (non-hydrogen) atoms. The molecule has 0 radical (unpaired) electrons. The van der Waals surface area contributed by atoms with Gasteiger partial charge in [-0.3, -0.25) is 14.9 Å². The summed E-state index contributed by atoms with van der Waals surface area (Å²) in [5.74, 6) is 0.505. The van der Waals surface area contributed by atoms with Crippen molar-refractivity contribution < 1.29 is 19.5 Å². The number of piperidine rings is 1. The molecule has 0 unspecified atom stereocenters. The van der Waals surface area contributed by atoms with Crippen molar-refractivity contribution >= 4 is 39.9 Å². The van der Waals surface area contributed by atoms with Crippen molar-refractivity contribution in [1.82, 2.24) is 20.0 Å². The van der Waals surface area contributed by atoms with E-state index in [1.54, 1.807) is 4.90 Å². The molecule has 10 nitrogen and oxygen atoms in total. The van der Waals surface area contributed by atoms with E-state index >= 15 is 0 Å². The Bertz CT molecular complexity index is 1490. The molecule has 4 rings (SSSR count). The first kappa shape index (κ1) is 36.9. The van der Waals surface area contributed by atoms with Crippen molar-refractivity contribution in [2.45, 2.75) is 51.4 Å². The minimum Gasteiger partial charge on any atom is -0.465 e. The number of likely N-dealkylation sites (tertiary alicyclic amines) is 1. The summed E-state index contributed by atoms with van der Waals surface area (Å²) in [6.07, 6.45) is 4.16. The van der Waals surface area contributed by atoms with E-state index in [1.165, 1.54) is 11.3 Å². The quantitative estimate of drug-likeness (QED) is 0.122. The minimum absolute atomic E-state index is 0.0573. The van der Waals surface area contributed by atoms with Crippen molar-refractivity contribution in [2.75, 3.05) is 77.6 Å². The molecule has 4 N–H and O–H groups in total. The Balaban J connectivity index is 1.14. The molecule has 1 aromatic heterocycles. The molecule has 0 aliphatic carbocycles. The summed E-state index contributed by atoms with van der Waals surface area (Å²) in [7, 11) is 5.61. The van der Waals surface area contributed by atoms with Gasteiger partial charge in [-0.2, -0.15) is 0 Å². The summed E-state index contributed by atoms with van der Waals surface area (Å²) in [6, 6.07) is 18.0. The molecule has 0 saturated carbocycles. The van der Waals surface area contributed by atoms with Crippen molar-refractivity contribution in [1.29, 1.82) is 0 Å². The van der Waals surface area contributed by atoms with E-state index in [9.17, 15) is 19.5 Å². The van der Waals surface area contributed by atoms with Crippen LogP contribution in [0.4, 0.5) is 15.5 Å². The van der Waals surface area contributed by atoms with E-state index in [2.05, 4.69) is 26.9 Å². The van der Waals surface area contributed by atoms with Crippen molar-refractivity contribution in [3.05, 3.63) is 70.6 Å². The Morgan fingerprint density at radius 3 is 2.40 bits per heavy atom. The fourth-order valence-corrected chi connectivity index (χ4v) is 7.31. The van der Waals surface area contributed by atoms with Crippen LogP contribution in [0.2, 0.25) is 0 Å². The van der Waals surface area contributed by atoms with E-state index in [0.29, 0.717) is 25.2 Å². The molecule has 0 spiro atoms. The van der Waals surface area contributed by atoms with Gasteiger partial charge in [-0.05, 0) is 81.4 Å². The predicted molar refractivity (Wildman–Crippen MR) is 196 cm³/mol. The average molecular weight is 677 g/mol. The number of likely N-dealkylation sites (N-methyl/N-ethyl adjacent to an activating group) is 3. The second-order valence-electron chi connectivity index (χ2n) is 12.7. The van der Waals surface area contributed by atoms with Gasteiger partial charge in [0, 0.05) is 58.8 Å². The molecule has 3 amide bonds. The Hall–Kier alpha value is -3.93. The third kappa shape index (κ3) is 10.5. The zero-order valence-corrected chi connectivity index (χ0v) is 29.7. The SMILES string of the molecule is CNCCN(C)C(=O)c1sc(NCCCCCC(=O)N(C)CCN2CCC(c3cccc(-c4ccccc4)c3NC(=O)O)CC2)cc1C. The first-order chi connectivity index (χ1) is 23.2. The maximum Gasteiger partial charge on any atom is 0.409 e. The van der Waals surface area contributed by atoms with Crippen LogP contribution in [0.5, 0.6) is 0 Å². The Morgan fingerprint density at radius 1 is 0.938 bits per heavy atom. The zero-order chi connectivity index (χ0) is 34.5. The lowest BCUT2D eigenvalue weighted by Crippen LogP contribution is -2.40. The molecule has 11 heteroatoms. The summed E-state index contributed by atoms with van der Waals surface area (Å²) in [4.78, 5) is 44.0. The first-order valence-electron chi connectivity index (χ1n) is 17.1. The van der Waals surface area contributed by atoms with Crippen LogP contribution < -0.4 is 16.0 Å². The van der Waals surface area contributed by atoms with Crippen molar-refractivity contribution in [3.63, 3.8) is 0 Å². The normalized spacial score (nSPS) is 13.7. The molecular weight excluding hydrogens is 625 g/mol. The number of nitrogens with one attached hydrogen (secondary N) is 3. The van der Waals surface area contributed by atoms with Gasteiger partial charge in [0.2, 0.25) is 5.91 Å². The Labute approximate surface area is 289 Å². The van der Waals surface area contributed by atoms with Crippen LogP contribution in [-0.2, 0) is 4.79 Å². The number of hydrogen-bond donors (Lipinski definition) is 4. The molecule has 3 aromatic rings. The van der Waals surface area contributed by atoms with E-state index in [0.717, 1.165) is 97.0 Å². The highest BCUT2D eigenvalue weighted by Gasteiger charge is 2.25. The van der Waals surface area contributed by atoms with E-state index < -0.39 is 6.09 Å². The lowest BCUT2D eigenvalue weighted by molar-refractivity contribution is -0.130. The van der Waals surface area contributed by atoms with Crippen LogP contribution >= 0.6 is 11.3 Å². The van der Waals surface area contributed by atoms with Crippen molar-refractivity contribution in [3.8, 4) is 11.1 Å². The smallest absolute Gasteiger partial charge is 0.409 e. The molecule has 1 aliphatic rings. The summed E-state index contributed by atoms with van der Waals surface area (Å²) in [5.41, 5.74) is 4.62. The number of nitrogens with zero attached hydrogens (tertiary/aromatic N) is 3. The number of benzene rings is 2. The van der Waals surface area contributed by atoms with Crippen LogP contribution in [0.3, 0.4) is 0 Å². The summed E-state index contributed by atoms with van der Waals surface area (Å²) in [5, 5.41) is 19.8. The van der Waals surface area contributed by atoms with Crippen LogP contribution in [0.25, 0.3) is 11.1 Å². The number of amides is 3. The van der Waals surface area contributed by atoms with E-state index in [4.69, 9.17) is 0 Å². The summed E-state index contributed by atoms with van der Waals surface area (Å²) < 4.78 is 0. The van der Waals surface area contributed by atoms with Crippen LogP contribution in [0, 0.1) is 6.92 Å². The zero-order valence-electron chi connectivity index (χ0n) is 28.9. The lowest BCUT2D eigenvalue weighted by atomic mass is 9.86. The molecule has 2 heterocycles. The van der Waals surface area contributed by atoms with Crippen LogP contribution in [0.1, 0.15) is 65.2 Å². The molecule has 2 aromatic carbocycles. The molecular formula is C37H52N6O4S. The molecule has 260 valence electrons. The number of carbonyl (C=O) groups excluding carboxylic acids is 2. The summed E-state index contributed by atoms with van der Waals surface area (Å²) in [6.45, 7) is 7.58. The number of hydrogen-bond acceptors (Lipinski definition) is 7. The number of aryl methyl sites for hydroxylation is 1. The Kier molecular flexibility index (Phi) is 14.3. The third-order valence-electron chi connectivity index (χ3n) is 9.14. The largest absolute Gasteiger partial charge is 0.465 e. The Morgan fingerprint density at radius 2 is 1.69 bits per heavy atom. The lowest BCUT2D eigenvalue weighted by Gasteiger charge is -2.34. The first-order valence-corrected chi connectivity index (χ1v) is 17.9. The fraction of sp³-hybridized carbons (Fsp3) is 0.486. The average Bonchev–Trinajstić information content (AvgIpc) is 3.47. The van der Waals surface area contributed by atoms with Gasteiger partial charge in [0.05, 0.1) is 15.6 Å².